The molecule has 0 aliphatic heterocycles. The third-order valence-corrected chi connectivity index (χ3v) is 2.98. The number of hydrogen-bond acceptors (Lipinski definition) is 3. The molecule has 7 heteroatoms. The van der Waals surface area contributed by atoms with Crippen LogP contribution in [0.1, 0.15) is 27.2 Å². The Balaban J connectivity index is 2.60. The van der Waals surface area contributed by atoms with Crippen molar-refractivity contribution in [2.45, 2.75) is 39.8 Å². The first-order chi connectivity index (χ1) is 8.97. The Morgan fingerprint density at radius 3 is 2.63 bits per heavy atom. The summed E-state index contributed by atoms with van der Waals surface area (Å²) < 4.78 is 1.67. The highest BCUT2D eigenvalue weighted by Crippen LogP contribution is 2.09. The van der Waals surface area contributed by atoms with Gasteiger partial charge in [-0.25, -0.2) is 9.59 Å². The predicted molar refractivity (Wildman–Crippen MR) is 70.9 cm³/mol. The monoisotopic (exact) mass is 268 g/mol. The van der Waals surface area contributed by atoms with Gasteiger partial charge in [-0.15, -0.1) is 0 Å². The zero-order valence-corrected chi connectivity index (χ0v) is 11.4. The van der Waals surface area contributed by atoms with Crippen LogP contribution in [-0.2, 0) is 11.3 Å². The first-order valence-corrected chi connectivity index (χ1v) is 6.30. The molecule has 0 aromatic carbocycles. The molecule has 3 N–H and O–H groups in total. The van der Waals surface area contributed by atoms with Gasteiger partial charge in [0.1, 0.15) is 6.04 Å². The van der Waals surface area contributed by atoms with Gasteiger partial charge in [-0.2, -0.15) is 5.10 Å². The van der Waals surface area contributed by atoms with Gasteiger partial charge in [0.15, 0.2) is 0 Å². The van der Waals surface area contributed by atoms with E-state index in [9.17, 15) is 9.59 Å². The summed E-state index contributed by atoms with van der Waals surface area (Å²) in [5, 5.41) is 18.1. The number of amides is 2. The highest BCUT2D eigenvalue weighted by molar-refractivity contribution is 5.92. The number of nitrogens with zero attached hydrogens (tertiary/aromatic N) is 2. The number of hydrogen-bond donors (Lipinski definition) is 3. The van der Waals surface area contributed by atoms with Crippen molar-refractivity contribution in [1.82, 2.24) is 15.1 Å². The first-order valence-electron chi connectivity index (χ1n) is 6.30. The maximum Gasteiger partial charge on any atom is 0.326 e. The molecule has 0 bridgehead atoms. The summed E-state index contributed by atoms with van der Waals surface area (Å²) in [6.07, 6.45) is 3.87. The van der Waals surface area contributed by atoms with Crippen LogP contribution in [0.4, 0.5) is 10.5 Å². The third-order valence-electron chi connectivity index (χ3n) is 2.98. The molecule has 0 fully saturated rings. The summed E-state index contributed by atoms with van der Waals surface area (Å²) in [5.74, 6) is -1.17. The van der Waals surface area contributed by atoms with Gasteiger partial charge in [0.05, 0.1) is 11.9 Å². The Morgan fingerprint density at radius 2 is 2.16 bits per heavy atom. The molecule has 1 aromatic rings. The number of carboxylic acid groups (broad SMARTS) is 1. The molecule has 0 unspecified atom stereocenters. The summed E-state index contributed by atoms with van der Waals surface area (Å²) in [4.78, 5) is 22.8. The Bertz CT molecular complexity index is 444. The van der Waals surface area contributed by atoms with Crippen molar-refractivity contribution in [3.05, 3.63) is 12.4 Å². The third kappa shape index (κ3) is 4.27. The van der Waals surface area contributed by atoms with Gasteiger partial charge in [-0.1, -0.05) is 20.3 Å². The van der Waals surface area contributed by atoms with Crippen LogP contribution in [0.15, 0.2) is 12.4 Å². The highest BCUT2D eigenvalue weighted by Gasteiger charge is 2.25. The van der Waals surface area contributed by atoms with Crippen LogP contribution < -0.4 is 10.6 Å². The lowest BCUT2D eigenvalue weighted by Crippen LogP contribution is -2.46. The van der Waals surface area contributed by atoms with E-state index >= 15 is 0 Å². The van der Waals surface area contributed by atoms with E-state index in [1.165, 1.54) is 6.20 Å². The van der Waals surface area contributed by atoms with Crippen molar-refractivity contribution in [2.75, 3.05) is 5.32 Å². The lowest BCUT2D eigenvalue weighted by atomic mass is 9.99. The summed E-state index contributed by atoms with van der Waals surface area (Å²) in [7, 11) is 0. The zero-order chi connectivity index (χ0) is 14.4. The fourth-order valence-electron chi connectivity index (χ4n) is 1.59. The Kier molecular flexibility index (Phi) is 5.35. The van der Waals surface area contributed by atoms with Crippen LogP contribution in [0.5, 0.6) is 0 Å². The van der Waals surface area contributed by atoms with Gasteiger partial charge in [-0.3, -0.25) is 4.68 Å². The number of rotatable bonds is 6. The van der Waals surface area contributed by atoms with E-state index < -0.39 is 18.0 Å². The van der Waals surface area contributed by atoms with Crippen molar-refractivity contribution in [3.8, 4) is 0 Å². The van der Waals surface area contributed by atoms with Gasteiger partial charge < -0.3 is 15.7 Å². The fourth-order valence-corrected chi connectivity index (χ4v) is 1.59. The van der Waals surface area contributed by atoms with E-state index in [0.29, 0.717) is 18.7 Å². The molecule has 2 amide bonds. The van der Waals surface area contributed by atoms with Crippen molar-refractivity contribution in [1.29, 1.82) is 0 Å². The van der Waals surface area contributed by atoms with E-state index in [0.717, 1.165) is 0 Å². The van der Waals surface area contributed by atoms with E-state index in [1.54, 1.807) is 17.8 Å². The van der Waals surface area contributed by atoms with Crippen molar-refractivity contribution < 1.29 is 14.7 Å². The minimum atomic E-state index is -1.03. The molecular formula is C12H20N4O3. The predicted octanol–water partition coefficient (Wildman–Crippen LogP) is 1.52. The molecule has 1 aromatic heterocycles. The second-order valence-corrected chi connectivity index (χ2v) is 4.38. The molecule has 7 nitrogen and oxygen atoms in total. The second-order valence-electron chi connectivity index (χ2n) is 4.38. The highest BCUT2D eigenvalue weighted by atomic mass is 16.4. The molecule has 19 heavy (non-hydrogen) atoms. The molecule has 0 radical (unpaired) electrons. The molecule has 1 heterocycles. The number of carbonyl (C=O) groups is 2. The molecule has 0 saturated heterocycles. The maximum absolute atomic E-state index is 11.7. The Morgan fingerprint density at radius 1 is 1.47 bits per heavy atom. The van der Waals surface area contributed by atoms with Crippen LogP contribution in [0, 0.1) is 5.92 Å². The molecule has 0 saturated carbocycles. The average Bonchev–Trinajstić information content (AvgIpc) is 2.82. The molecule has 2 atom stereocenters. The van der Waals surface area contributed by atoms with Crippen LogP contribution >= 0.6 is 0 Å². The fraction of sp³-hybridized carbons (Fsp3) is 0.583. The second kappa shape index (κ2) is 6.77. The SMILES string of the molecule is CC[C@H](C)[C@H](NC(=O)Nc1cnn(CC)c1)C(=O)O. The van der Waals surface area contributed by atoms with E-state index in [-0.39, 0.29) is 5.92 Å². The van der Waals surface area contributed by atoms with Crippen LogP contribution in [0.2, 0.25) is 0 Å². The molecule has 1 rings (SSSR count). The standard InChI is InChI=1S/C12H20N4O3/c1-4-8(3)10(11(17)18)15-12(19)14-9-6-13-16(5-2)7-9/h6-8,10H,4-5H2,1-3H3,(H,17,18)(H2,14,15,19)/t8-,10-/m0/s1. The van der Waals surface area contributed by atoms with Crippen molar-refractivity contribution in [3.63, 3.8) is 0 Å². The van der Waals surface area contributed by atoms with Crippen molar-refractivity contribution >= 4 is 17.7 Å². The number of aliphatic carboxylic acids is 1. The summed E-state index contributed by atoms with van der Waals surface area (Å²) in [5.41, 5.74) is 0.535. The smallest absolute Gasteiger partial charge is 0.326 e. The van der Waals surface area contributed by atoms with Crippen LogP contribution in [0.3, 0.4) is 0 Å². The number of carbonyl (C=O) groups excluding carboxylic acids is 1. The van der Waals surface area contributed by atoms with E-state index in [4.69, 9.17) is 5.11 Å². The largest absolute Gasteiger partial charge is 0.480 e. The minimum Gasteiger partial charge on any atom is -0.480 e. The number of carboxylic acids is 1. The van der Waals surface area contributed by atoms with Gasteiger partial charge >= 0.3 is 12.0 Å². The van der Waals surface area contributed by atoms with E-state index in [1.807, 2.05) is 13.8 Å². The van der Waals surface area contributed by atoms with Crippen LogP contribution in [-0.4, -0.2) is 32.9 Å². The summed E-state index contributed by atoms with van der Waals surface area (Å²) >= 11 is 0. The first kappa shape index (κ1) is 15.0. The van der Waals surface area contributed by atoms with Crippen LogP contribution in [0.25, 0.3) is 0 Å². The minimum absolute atomic E-state index is 0.137. The summed E-state index contributed by atoms with van der Waals surface area (Å²) in [6.45, 7) is 6.30. The quantitative estimate of drug-likeness (QED) is 0.728. The van der Waals surface area contributed by atoms with E-state index in [2.05, 4.69) is 15.7 Å². The Labute approximate surface area is 112 Å². The molecular weight excluding hydrogens is 248 g/mol. The van der Waals surface area contributed by atoms with Gasteiger partial charge in [0, 0.05) is 12.7 Å². The zero-order valence-electron chi connectivity index (χ0n) is 11.4. The summed E-state index contributed by atoms with van der Waals surface area (Å²) in [6, 6.07) is -1.44. The van der Waals surface area contributed by atoms with Crippen molar-refractivity contribution in [2.24, 2.45) is 5.92 Å². The number of anilines is 1. The molecule has 0 aliphatic carbocycles. The number of nitrogens with one attached hydrogen (secondary N) is 2. The lowest BCUT2D eigenvalue weighted by Gasteiger charge is -2.20. The number of aryl methyl sites for hydroxylation is 1. The average molecular weight is 268 g/mol. The van der Waals surface area contributed by atoms with Gasteiger partial charge in [-0.05, 0) is 12.8 Å². The lowest BCUT2D eigenvalue weighted by molar-refractivity contribution is -0.140. The van der Waals surface area contributed by atoms with Gasteiger partial charge in [0.25, 0.3) is 0 Å². The number of urea groups is 1. The Hall–Kier alpha value is -2.05. The molecule has 0 spiro atoms. The topological polar surface area (TPSA) is 96.3 Å². The number of aromatic nitrogens is 2. The van der Waals surface area contributed by atoms with Gasteiger partial charge in [0.2, 0.25) is 0 Å². The maximum atomic E-state index is 11.7. The molecule has 106 valence electrons. The normalized spacial score (nSPS) is 13.6. The molecule has 0 aliphatic rings.